The van der Waals surface area contributed by atoms with Gasteiger partial charge in [0.15, 0.2) is 0 Å². The maximum atomic E-state index is 9.28. The topological polar surface area (TPSA) is 40.5 Å². The summed E-state index contributed by atoms with van der Waals surface area (Å²) in [6, 6.07) is 1.95. The van der Waals surface area contributed by atoms with Crippen LogP contribution in [0.2, 0.25) is 0 Å². The lowest BCUT2D eigenvalue weighted by molar-refractivity contribution is -1.03. The third-order valence-electron chi connectivity index (χ3n) is 1.68. The van der Waals surface area contributed by atoms with E-state index in [4.69, 9.17) is 0 Å². The molecule has 0 saturated carbocycles. The van der Waals surface area contributed by atoms with Crippen molar-refractivity contribution in [3.8, 4) is 0 Å². The lowest BCUT2D eigenvalue weighted by Crippen LogP contribution is -3.05. The number of fused-ring (bicyclic) bond motifs is 1. The molecule has 1 aliphatic rings. The molecule has 2 heterocycles. The molecule has 2 rings (SSSR count). The molecule has 52 valence electrons. The average Bonchev–Trinajstić information content (AvgIpc) is 2.36. The maximum absolute atomic E-state index is 9.28. The summed E-state index contributed by atoms with van der Waals surface area (Å²) >= 11 is 0. The Bertz CT molecular complexity index is 264. The van der Waals surface area contributed by atoms with Crippen LogP contribution < -0.4 is 5.06 Å². The van der Waals surface area contributed by atoms with Crippen molar-refractivity contribution in [2.24, 2.45) is 0 Å². The van der Waals surface area contributed by atoms with Crippen LogP contribution in [-0.4, -0.2) is 16.7 Å². The molecule has 0 fully saturated rings. The molecular formula is C7H9N2O+. The largest absolute Gasteiger partial charge is 0.315 e. The van der Waals surface area contributed by atoms with Crippen LogP contribution in [0.1, 0.15) is 5.56 Å². The Labute approximate surface area is 58.5 Å². The second kappa shape index (κ2) is 1.97. The Balaban J connectivity index is 2.52. The van der Waals surface area contributed by atoms with Crippen LogP contribution in [0.25, 0.3) is 6.08 Å². The van der Waals surface area contributed by atoms with Crippen LogP contribution in [0.15, 0.2) is 18.3 Å². The number of H-pyrrole nitrogens is 1. The van der Waals surface area contributed by atoms with E-state index >= 15 is 0 Å². The normalized spacial score (nSPS) is 22.7. The van der Waals surface area contributed by atoms with Gasteiger partial charge in [0.2, 0.25) is 5.82 Å². The van der Waals surface area contributed by atoms with E-state index in [-0.39, 0.29) is 0 Å². The molecule has 0 saturated heterocycles. The fourth-order valence-electron chi connectivity index (χ4n) is 1.17. The van der Waals surface area contributed by atoms with Crippen molar-refractivity contribution in [3.63, 3.8) is 0 Å². The standard InChI is InChI=1S/C7H8N2O/c10-9-5-1-2-6-3-4-8-7(6)9/h1-4,8,10H,5H2/p+1. The van der Waals surface area contributed by atoms with E-state index in [0.29, 0.717) is 11.6 Å². The van der Waals surface area contributed by atoms with Crippen LogP contribution in [0, 0.1) is 0 Å². The second-order valence-electron chi connectivity index (χ2n) is 2.36. The van der Waals surface area contributed by atoms with Crippen molar-refractivity contribution in [1.82, 2.24) is 4.98 Å². The summed E-state index contributed by atoms with van der Waals surface area (Å²) in [4.78, 5) is 2.97. The molecule has 0 aromatic carbocycles. The van der Waals surface area contributed by atoms with Crippen molar-refractivity contribution in [3.05, 3.63) is 23.9 Å². The summed E-state index contributed by atoms with van der Waals surface area (Å²) < 4.78 is 0. The van der Waals surface area contributed by atoms with Gasteiger partial charge in [0, 0.05) is 6.20 Å². The Morgan fingerprint density at radius 3 is 3.30 bits per heavy atom. The zero-order chi connectivity index (χ0) is 6.97. The zero-order valence-electron chi connectivity index (χ0n) is 5.46. The quantitative estimate of drug-likeness (QED) is 0.461. The predicted molar refractivity (Wildman–Crippen MR) is 37.1 cm³/mol. The fraction of sp³-hybridized carbons (Fsp3) is 0.143. The number of nitrogens with one attached hydrogen (secondary N) is 2. The molecule has 1 aromatic heterocycles. The molecule has 3 heteroatoms. The van der Waals surface area contributed by atoms with Gasteiger partial charge >= 0.3 is 0 Å². The van der Waals surface area contributed by atoms with E-state index in [1.807, 2.05) is 24.4 Å². The Morgan fingerprint density at radius 2 is 2.50 bits per heavy atom. The molecule has 1 unspecified atom stereocenters. The predicted octanol–water partition coefficient (Wildman–Crippen LogP) is -0.0529. The lowest BCUT2D eigenvalue weighted by Gasteiger charge is -2.09. The lowest BCUT2D eigenvalue weighted by atomic mass is 10.2. The molecule has 0 aliphatic carbocycles. The molecule has 1 aromatic rings. The summed E-state index contributed by atoms with van der Waals surface area (Å²) in [7, 11) is 0. The van der Waals surface area contributed by atoms with Crippen molar-refractivity contribution < 1.29 is 10.3 Å². The first-order valence-electron chi connectivity index (χ1n) is 3.27. The summed E-state index contributed by atoms with van der Waals surface area (Å²) in [5.74, 6) is 0.863. The van der Waals surface area contributed by atoms with E-state index in [9.17, 15) is 5.21 Å². The van der Waals surface area contributed by atoms with Gasteiger partial charge in [0.1, 0.15) is 6.54 Å². The highest BCUT2D eigenvalue weighted by molar-refractivity contribution is 5.59. The smallest absolute Gasteiger partial charge is 0.244 e. The van der Waals surface area contributed by atoms with Crippen LogP contribution in [0.3, 0.4) is 0 Å². The monoisotopic (exact) mass is 137 g/mol. The molecule has 1 aliphatic heterocycles. The minimum Gasteiger partial charge on any atom is -0.315 e. The number of rotatable bonds is 0. The number of hydrogen-bond donors (Lipinski definition) is 3. The minimum atomic E-state index is 0.433. The summed E-state index contributed by atoms with van der Waals surface area (Å²) in [5, 5.41) is 9.72. The van der Waals surface area contributed by atoms with Gasteiger partial charge in [-0.05, 0) is 18.2 Å². The van der Waals surface area contributed by atoms with Gasteiger partial charge < -0.3 is 4.98 Å². The second-order valence-corrected chi connectivity index (χ2v) is 2.36. The Morgan fingerprint density at radius 1 is 1.60 bits per heavy atom. The third-order valence-corrected chi connectivity index (χ3v) is 1.68. The van der Waals surface area contributed by atoms with E-state index in [1.54, 1.807) is 0 Å². The van der Waals surface area contributed by atoms with Gasteiger partial charge in [0.05, 0.1) is 5.56 Å². The molecule has 0 radical (unpaired) electrons. The minimum absolute atomic E-state index is 0.433. The van der Waals surface area contributed by atoms with Gasteiger partial charge in [-0.25, -0.2) is 5.21 Å². The zero-order valence-corrected chi connectivity index (χ0v) is 5.46. The van der Waals surface area contributed by atoms with Crippen LogP contribution in [0.4, 0.5) is 5.82 Å². The molecule has 10 heavy (non-hydrogen) atoms. The number of aromatic nitrogens is 1. The summed E-state index contributed by atoms with van der Waals surface area (Å²) in [6.45, 7) is 0.646. The number of hydrogen-bond acceptors (Lipinski definition) is 1. The fourth-order valence-corrected chi connectivity index (χ4v) is 1.17. The first-order valence-corrected chi connectivity index (χ1v) is 3.27. The van der Waals surface area contributed by atoms with Crippen molar-refractivity contribution in [1.29, 1.82) is 0 Å². The SMILES string of the molecule is O[NH+]1CC=Cc2cc[nH]c21. The van der Waals surface area contributed by atoms with Crippen LogP contribution in [0.5, 0.6) is 0 Å². The maximum Gasteiger partial charge on any atom is 0.244 e. The first-order chi connectivity index (χ1) is 4.88. The number of aromatic amines is 1. The van der Waals surface area contributed by atoms with Crippen molar-refractivity contribution >= 4 is 11.9 Å². The van der Waals surface area contributed by atoms with Gasteiger partial charge in [-0.1, -0.05) is 0 Å². The average molecular weight is 137 g/mol. The molecule has 1 atom stereocenters. The molecule has 0 bridgehead atoms. The van der Waals surface area contributed by atoms with Crippen LogP contribution >= 0.6 is 0 Å². The summed E-state index contributed by atoms with van der Waals surface area (Å²) in [6.07, 6.45) is 5.79. The first kappa shape index (κ1) is 5.70. The highest BCUT2D eigenvalue weighted by atomic mass is 16.5. The third kappa shape index (κ3) is 0.683. The van der Waals surface area contributed by atoms with Crippen molar-refractivity contribution in [2.45, 2.75) is 0 Å². The molecule has 3 N–H and O–H groups in total. The van der Waals surface area contributed by atoms with Gasteiger partial charge in [-0.2, -0.15) is 0 Å². The number of quaternary nitrogens is 1. The Kier molecular flexibility index (Phi) is 1.12. The molecule has 0 spiro atoms. The Hall–Kier alpha value is -1.06. The molecular weight excluding hydrogens is 128 g/mol. The molecule has 0 amide bonds. The highest BCUT2D eigenvalue weighted by Crippen LogP contribution is 2.11. The van der Waals surface area contributed by atoms with Gasteiger partial charge in [-0.3, -0.25) is 0 Å². The number of hydroxylamine groups is 1. The van der Waals surface area contributed by atoms with Gasteiger partial charge in [0.25, 0.3) is 0 Å². The van der Waals surface area contributed by atoms with E-state index < -0.39 is 0 Å². The highest BCUT2D eigenvalue weighted by Gasteiger charge is 2.16. The van der Waals surface area contributed by atoms with E-state index in [2.05, 4.69) is 4.98 Å². The van der Waals surface area contributed by atoms with Crippen molar-refractivity contribution in [2.75, 3.05) is 6.54 Å². The van der Waals surface area contributed by atoms with Gasteiger partial charge in [-0.15, -0.1) is 5.06 Å². The summed E-state index contributed by atoms with van der Waals surface area (Å²) in [5.41, 5.74) is 1.07. The van der Waals surface area contributed by atoms with E-state index in [1.165, 1.54) is 0 Å². The molecule has 3 nitrogen and oxygen atoms in total. The van der Waals surface area contributed by atoms with E-state index in [0.717, 1.165) is 11.4 Å². The van der Waals surface area contributed by atoms with Crippen LogP contribution in [-0.2, 0) is 0 Å².